The number of thiocarbonyl (C=S) groups is 1. The summed E-state index contributed by atoms with van der Waals surface area (Å²) in [4.78, 5) is 2.74. The number of azo groups is 1. The third kappa shape index (κ3) is 3.77. The SMILES string of the molecule is Oc1[nH]c2ccccc2c1N=NC(=S)Nc1cccc(C(F)(F)F)c1. The van der Waals surface area contributed by atoms with Crippen LogP contribution < -0.4 is 5.32 Å². The van der Waals surface area contributed by atoms with E-state index in [1.807, 2.05) is 0 Å². The second kappa shape index (κ2) is 6.52. The van der Waals surface area contributed by atoms with Gasteiger partial charge in [-0.2, -0.15) is 13.2 Å². The van der Waals surface area contributed by atoms with E-state index in [9.17, 15) is 18.3 Å². The molecule has 0 saturated heterocycles. The molecule has 128 valence electrons. The Kier molecular flexibility index (Phi) is 4.41. The molecular weight excluding hydrogens is 353 g/mol. The van der Waals surface area contributed by atoms with Crippen LogP contribution in [-0.4, -0.2) is 15.2 Å². The van der Waals surface area contributed by atoms with Gasteiger partial charge in [-0.3, -0.25) is 0 Å². The van der Waals surface area contributed by atoms with Crippen LogP contribution in [0.4, 0.5) is 24.5 Å². The Bertz CT molecular complexity index is 965. The van der Waals surface area contributed by atoms with E-state index in [2.05, 4.69) is 20.5 Å². The molecule has 9 heteroatoms. The lowest BCUT2D eigenvalue weighted by Crippen LogP contribution is -2.08. The maximum atomic E-state index is 12.7. The van der Waals surface area contributed by atoms with Gasteiger partial charge in [-0.1, -0.05) is 24.3 Å². The van der Waals surface area contributed by atoms with E-state index in [1.165, 1.54) is 12.1 Å². The first-order valence-electron chi connectivity index (χ1n) is 7.04. The maximum absolute atomic E-state index is 12.7. The molecule has 3 aromatic rings. The summed E-state index contributed by atoms with van der Waals surface area (Å²) in [5.41, 5.74) is 0.211. The van der Waals surface area contributed by atoms with Gasteiger partial charge in [0.25, 0.3) is 0 Å². The number of hydrogen-bond acceptors (Lipinski definition) is 3. The van der Waals surface area contributed by atoms with Crippen LogP contribution in [-0.2, 0) is 6.18 Å². The zero-order valence-corrected chi connectivity index (χ0v) is 13.3. The number of aromatic nitrogens is 1. The predicted molar refractivity (Wildman–Crippen MR) is 92.1 cm³/mol. The lowest BCUT2D eigenvalue weighted by molar-refractivity contribution is -0.137. The van der Waals surface area contributed by atoms with Crippen molar-refractivity contribution >= 4 is 39.6 Å². The summed E-state index contributed by atoms with van der Waals surface area (Å²) < 4.78 is 38.1. The Morgan fingerprint density at radius 2 is 1.88 bits per heavy atom. The topological polar surface area (TPSA) is 72.8 Å². The molecule has 0 radical (unpaired) electrons. The third-order valence-electron chi connectivity index (χ3n) is 3.34. The van der Waals surface area contributed by atoms with Crippen molar-refractivity contribution in [2.45, 2.75) is 6.18 Å². The van der Waals surface area contributed by atoms with Gasteiger partial charge < -0.3 is 15.4 Å². The van der Waals surface area contributed by atoms with E-state index < -0.39 is 11.7 Å². The van der Waals surface area contributed by atoms with Gasteiger partial charge >= 0.3 is 6.18 Å². The molecule has 0 saturated carbocycles. The smallest absolute Gasteiger partial charge is 0.416 e. The summed E-state index contributed by atoms with van der Waals surface area (Å²) in [6.07, 6.45) is -4.45. The van der Waals surface area contributed by atoms with Crippen LogP contribution in [0.2, 0.25) is 0 Å². The second-order valence-electron chi connectivity index (χ2n) is 5.08. The number of rotatable bonds is 2. The summed E-state index contributed by atoms with van der Waals surface area (Å²) in [6, 6.07) is 11.6. The number of fused-ring (bicyclic) bond motifs is 1. The number of alkyl halides is 3. The normalized spacial score (nSPS) is 12.0. The standard InChI is InChI=1S/C16H11F3N4OS/c17-16(18,19)9-4-3-5-10(8-9)20-15(25)23-22-13-11-6-1-2-7-12(11)21-14(13)24/h1-8,21,24H,(H,20,25). The number of H-pyrrole nitrogens is 1. The van der Waals surface area contributed by atoms with Gasteiger partial charge in [-0.05, 0) is 36.5 Å². The summed E-state index contributed by atoms with van der Waals surface area (Å²) in [5, 5.41) is 20.6. The Morgan fingerprint density at radius 3 is 2.64 bits per heavy atom. The van der Waals surface area contributed by atoms with Crippen molar-refractivity contribution in [3.63, 3.8) is 0 Å². The van der Waals surface area contributed by atoms with Crippen LogP contribution in [0.15, 0.2) is 58.8 Å². The molecule has 2 aromatic carbocycles. The van der Waals surface area contributed by atoms with Crippen LogP contribution in [0.1, 0.15) is 5.56 Å². The average Bonchev–Trinajstić information content (AvgIpc) is 2.87. The lowest BCUT2D eigenvalue weighted by Gasteiger charge is -2.09. The zero-order chi connectivity index (χ0) is 18.0. The van der Waals surface area contributed by atoms with E-state index in [4.69, 9.17) is 12.2 Å². The largest absolute Gasteiger partial charge is 0.493 e. The summed E-state index contributed by atoms with van der Waals surface area (Å²) in [5.74, 6) is -0.174. The molecule has 25 heavy (non-hydrogen) atoms. The van der Waals surface area contributed by atoms with Crippen molar-refractivity contribution in [2.75, 3.05) is 5.32 Å². The lowest BCUT2D eigenvalue weighted by atomic mass is 10.2. The molecular formula is C16H11F3N4OS. The van der Waals surface area contributed by atoms with Crippen molar-refractivity contribution in [3.05, 3.63) is 54.1 Å². The molecule has 0 aliphatic heterocycles. The molecule has 5 nitrogen and oxygen atoms in total. The molecule has 0 amide bonds. The quantitative estimate of drug-likeness (QED) is 0.423. The highest BCUT2D eigenvalue weighted by Gasteiger charge is 2.30. The summed E-state index contributed by atoms with van der Waals surface area (Å²) in [6.45, 7) is 0. The minimum absolute atomic E-state index is 0.135. The van der Waals surface area contributed by atoms with Crippen LogP contribution in [0.25, 0.3) is 10.9 Å². The molecule has 0 fully saturated rings. The fourth-order valence-electron chi connectivity index (χ4n) is 2.23. The number of aromatic hydroxyl groups is 1. The Hall–Kier alpha value is -2.94. The predicted octanol–water partition coefficient (Wildman–Crippen LogP) is 5.37. The maximum Gasteiger partial charge on any atom is 0.416 e. The van der Waals surface area contributed by atoms with E-state index in [0.717, 1.165) is 12.1 Å². The number of nitrogens with one attached hydrogen (secondary N) is 2. The van der Waals surface area contributed by atoms with Crippen LogP contribution in [0.3, 0.4) is 0 Å². The Labute approximate surface area is 145 Å². The molecule has 1 aromatic heterocycles. The fourth-order valence-corrected chi connectivity index (χ4v) is 2.39. The van der Waals surface area contributed by atoms with Crippen LogP contribution in [0.5, 0.6) is 5.88 Å². The van der Waals surface area contributed by atoms with E-state index in [-0.39, 0.29) is 22.4 Å². The van der Waals surface area contributed by atoms with Crippen molar-refractivity contribution in [1.82, 2.24) is 4.98 Å². The summed E-state index contributed by atoms with van der Waals surface area (Å²) >= 11 is 4.97. The van der Waals surface area contributed by atoms with Gasteiger partial charge in [0.15, 0.2) is 5.69 Å². The van der Waals surface area contributed by atoms with Gasteiger partial charge in [-0.15, -0.1) is 10.2 Å². The molecule has 0 spiro atoms. The number of hydrogen-bond donors (Lipinski definition) is 3. The molecule has 0 unspecified atom stereocenters. The molecule has 0 bridgehead atoms. The van der Waals surface area contributed by atoms with Crippen molar-refractivity contribution in [2.24, 2.45) is 10.2 Å². The monoisotopic (exact) mass is 364 g/mol. The molecule has 0 atom stereocenters. The van der Waals surface area contributed by atoms with E-state index in [0.29, 0.717) is 10.9 Å². The molecule has 1 heterocycles. The van der Waals surface area contributed by atoms with Crippen LogP contribution in [0, 0.1) is 0 Å². The number of halogens is 3. The fraction of sp³-hybridized carbons (Fsp3) is 0.0625. The molecule has 0 aliphatic carbocycles. The van der Waals surface area contributed by atoms with E-state index in [1.54, 1.807) is 24.3 Å². The number of benzene rings is 2. The highest BCUT2D eigenvalue weighted by molar-refractivity contribution is 7.80. The third-order valence-corrected chi connectivity index (χ3v) is 3.53. The first-order chi connectivity index (χ1) is 11.8. The summed E-state index contributed by atoms with van der Waals surface area (Å²) in [7, 11) is 0. The van der Waals surface area contributed by atoms with Crippen molar-refractivity contribution in [3.8, 4) is 5.88 Å². The first kappa shape index (κ1) is 16.9. The highest BCUT2D eigenvalue weighted by Crippen LogP contribution is 2.35. The molecule has 3 rings (SSSR count). The number of anilines is 1. The van der Waals surface area contributed by atoms with Gasteiger partial charge in [0, 0.05) is 11.1 Å². The van der Waals surface area contributed by atoms with E-state index >= 15 is 0 Å². The average molecular weight is 364 g/mol. The molecule has 3 N–H and O–H groups in total. The van der Waals surface area contributed by atoms with Gasteiger partial charge in [-0.25, -0.2) is 0 Å². The van der Waals surface area contributed by atoms with Gasteiger partial charge in [0.05, 0.1) is 11.1 Å². The first-order valence-corrected chi connectivity index (χ1v) is 7.45. The van der Waals surface area contributed by atoms with Crippen molar-refractivity contribution in [1.29, 1.82) is 0 Å². The zero-order valence-electron chi connectivity index (χ0n) is 12.5. The number of para-hydroxylation sites is 1. The minimum atomic E-state index is -4.45. The minimum Gasteiger partial charge on any atom is -0.493 e. The van der Waals surface area contributed by atoms with Gasteiger partial charge in [0.2, 0.25) is 11.0 Å². The van der Waals surface area contributed by atoms with Crippen LogP contribution >= 0.6 is 12.2 Å². The number of nitrogens with zero attached hydrogens (tertiary/aromatic N) is 2. The van der Waals surface area contributed by atoms with Crippen molar-refractivity contribution < 1.29 is 18.3 Å². The van der Waals surface area contributed by atoms with Gasteiger partial charge in [0.1, 0.15) is 0 Å². The number of aromatic amines is 1. The second-order valence-corrected chi connectivity index (χ2v) is 5.46. The highest BCUT2D eigenvalue weighted by atomic mass is 32.1. The Morgan fingerprint density at radius 1 is 1.12 bits per heavy atom. The Balaban J connectivity index is 1.78. The molecule has 0 aliphatic rings.